The molecule has 0 aromatic carbocycles. The molecule has 0 bridgehead atoms. The van der Waals surface area contributed by atoms with Gasteiger partial charge in [-0.2, -0.15) is 0 Å². The van der Waals surface area contributed by atoms with E-state index in [0.717, 1.165) is 11.8 Å². The van der Waals surface area contributed by atoms with Crippen LogP contribution in [-0.4, -0.2) is 23.0 Å². The summed E-state index contributed by atoms with van der Waals surface area (Å²) in [4.78, 5) is 4.90. The lowest BCUT2D eigenvalue weighted by molar-refractivity contribution is 0.225. The highest BCUT2D eigenvalue weighted by Gasteiger charge is 2.28. The van der Waals surface area contributed by atoms with Crippen LogP contribution in [-0.2, 0) is 0 Å². The number of aliphatic imine (C=N–C) groups is 1. The van der Waals surface area contributed by atoms with E-state index in [0.29, 0.717) is 18.0 Å². The largest absolute Gasteiger partial charge is 0.362 e. The number of amidine groups is 1. The van der Waals surface area contributed by atoms with Crippen LogP contribution in [0.3, 0.4) is 0 Å². The number of thioether (sulfide) groups is 1. The zero-order valence-electron chi connectivity index (χ0n) is 12.3. The second-order valence-electron chi connectivity index (χ2n) is 6.40. The van der Waals surface area contributed by atoms with E-state index in [9.17, 15) is 0 Å². The van der Waals surface area contributed by atoms with E-state index in [4.69, 9.17) is 4.99 Å². The summed E-state index contributed by atoms with van der Waals surface area (Å²) < 4.78 is 0. The van der Waals surface area contributed by atoms with E-state index >= 15 is 0 Å². The van der Waals surface area contributed by atoms with Crippen LogP contribution in [0.4, 0.5) is 0 Å². The Kier molecular flexibility index (Phi) is 4.99. The lowest BCUT2D eigenvalue weighted by Gasteiger charge is -2.36. The average molecular weight is 268 g/mol. The highest BCUT2D eigenvalue weighted by molar-refractivity contribution is 8.13. The summed E-state index contributed by atoms with van der Waals surface area (Å²) >= 11 is 1.92. The zero-order chi connectivity index (χ0) is 13.1. The van der Waals surface area contributed by atoms with Gasteiger partial charge in [0.25, 0.3) is 0 Å². The van der Waals surface area contributed by atoms with Gasteiger partial charge in [-0.1, -0.05) is 52.3 Å². The molecule has 2 aliphatic rings. The highest BCUT2D eigenvalue weighted by atomic mass is 32.2. The molecule has 4 unspecified atom stereocenters. The van der Waals surface area contributed by atoms with Crippen LogP contribution >= 0.6 is 11.8 Å². The molecule has 4 atom stereocenters. The van der Waals surface area contributed by atoms with Crippen molar-refractivity contribution in [1.29, 1.82) is 0 Å². The Balaban J connectivity index is 1.95. The van der Waals surface area contributed by atoms with Gasteiger partial charge in [-0.15, -0.1) is 0 Å². The van der Waals surface area contributed by atoms with Crippen molar-refractivity contribution in [2.75, 3.05) is 5.75 Å². The first-order valence-electron chi connectivity index (χ1n) is 7.55. The summed E-state index contributed by atoms with van der Waals surface area (Å²) in [5.41, 5.74) is 0. The van der Waals surface area contributed by atoms with Crippen LogP contribution in [0.2, 0.25) is 0 Å². The molecule has 0 spiro atoms. The minimum atomic E-state index is 0.532. The second kappa shape index (κ2) is 6.31. The molecule has 1 aliphatic carbocycles. The zero-order valence-corrected chi connectivity index (χ0v) is 13.1. The normalized spacial score (nSPS) is 37.5. The molecule has 1 N–H and O–H groups in total. The third kappa shape index (κ3) is 3.43. The average Bonchev–Trinajstić information content (AvgIpc) is 2.35. The van der Waals surface area contributed by atoms with Gasteiger partial charge in [-0.25, -0.2) is 0 Å². The van der Waals surface area contributed by atoms with Crippen LogP contribution in [0.5, 0.6) is 0 Å². The minimum absolute atomic E-state index is 0.532. The summed E-state index contributed by atoms with van der Waals surface area (Å²) in [6, 6.07) is 1.18. The quantitative estimate of drug-likeness (QED) is 0.821. The Morgan fingerprint density at radius 2 is 2.00 bits per heavy atom. The van der Waals surface area contributed by atoms with E-state index in [1.807, 2.05) is 11.8 Å². The summed E-state index contributed by atoms with van der Waals surface area (Å²) in [7, 11) is 0. The van der Waals surface area contributed by atoms with Crippen molar-refractivity contribution in [3.05, 3.63) is 0 Å². The number of nitrogens with zero attached hydrogens (tertiary/aromatic N) is 1. The van der Waals surface area contributed by atoms with Gasteiger partial charge in [-0.05, 0) is 30.6 Å². The summed E-state index contributed by atoms with van der Waals surface area (Å²) in [6.07, 6.45) is 5.32. The van der Waals surface area contributed by atoms with Gasteiger partial charge in [0.1, 0.15) is 0 Å². The fourth-order valence-electron chi connectivity index (χ4n) is 3.03. The van der Waals surface area contributed by atoms with Gasteiger partial charge in [0.15, 0.2) is 5.17 Å². The molecule has 1 heterocycles. The van der Waals surface area contributed by atoms with Crippen LogP contribution in [0.1, 0.15) is 53.4 Å². The number of hydrogen-bond donors (Lipinski definition) is 1. The molecule has 1 fully saturated rings. The molecular weight excluding hydrogens is 240 g/mol. The summed E-state index contributed by atoms with van der Waals surface area (Å²) in [5.74, 6) is 3.53. The summed E-state index contributed by atoms with van der Waals surface area (Å²) in [5, 5.41) is 4.95. The SMILES string of the molecule is CC(C)C1CCSC(NC2CCCC(C)C2C)=N1. The molecule has 2 nitrogen and oxygen atoms in total. The molecule has 1 saturated carbocycles. The van der Waals surface area contributed by atoms with Crippen LogP contribution < -0.4 is 5.32 Å². The van der Waals surface area contributed by atoms with Crippen molar-refractivity contribution in [3.63, 3.8) is 0 Å². The third-order valence-electron chi connectivity index (χ3n) is 4.72. The Bertz CT molecular complexity index is 301. The first kappa shape index (κ1) is 14.2. The Labute approximate surface area is 116 Å². The van der Waals surface area contributed by atoms with Crippen molar-refractivity contribution in [3.8, 4) is 0 Å². The monoisotopic (exact) mass is 268 g/mol. The van der Waals surface area contributed by atoms with Crippen molar-refractivity contribution in [1.82, 2.24) is 5.32 Å². The van der Waals surface area contributed by atoms with Crippen molar-refractivity contribution in [2.24, 2.45) is 22.7 Å². The molecule has 0 aromatic rings. The van der Waals surface area contributed by atoms with Gasteiger partial charge < -0.3 is 5.32 Å². The summed E-state index contributed by atoms with van der Waals surface area (Å²) in [6.45, 7) is 9.36. The van der Waals surface area contributed by atoms with Crippen molar-refractivity contribution >= 4 is 16.9 Å². The van der Waals surface area contributed by atoms with Crippen molar-refractivity contribution < 1.29 is 0 Å². The Morgan fingerprint density at radius 3 is 2.72 bits per heavy atom. The maximum absolute atomic E-state index is 4.90. The molecule has 2 rings (SSSR count). The molecule has 1 aliphatic heterocycles. The van der Waals surface area contributed by atoms with Crippen LogP contribution in [0.25, 0.3) is 0 Å². The maximum Gasteiger partial charge on any atom is 0.157 e. The molecule has 0 aromatic heterocycles. The fraction of sp³-hybridized carbons (Fsp3) is 0.933. The van der Waals surface area contributed by atoms with E-state index < -0.39 is 0 Å². The van der Waals surface area contributed by atoms with Gasteiger partial charge in [0, 0.05) is 11.8 Å². The van der Waals surface area contributed by atoms with Gasteiger partial charge in [0.2, 0.25) is 0 Å². The molecule has 104 valence electrons. The molecule has 3 heteroatoms. The van der Waals surface area contributed by atoms with Crippen LogP contribution in [0, 0.1) is 17.8 Å². The standard InChI is InChI=1S/C15H28N2S/c1-10(2)13-8-9-18-15(16-13)17-14-7-5-6-11(3)12(14)4/h10-14H,5-9H2,1-4H3,(H,16,17). The molecule has 0 radical (unpaired) electrons. The van der Waals surface area contributed by atoms with Gasteiger partial charge >= 0.3 is 0 Å². The Hall–Kier alpha value is -0.180. The third-order valence-corrected chi connectivity index (χ3v) is 5.66. The maximum atomic E-state index is 4.90. The predicted molar refractivity (Wildman–Crippen MR) is 82.2 cm³/mol. The van der Waals surface area contributed by atoms with Gasteiger partial charge in [-0.3, -0.25) is 4.99 Å². The molecular formula is C15H28N2S. The highest BCUT2D eigenvalue weighted by Crippen LogP contribution is 2.30. The number of nitrogens with one attached hydrogen (secondary N) is 1. The van der Waals surface area contributed by atoms with Crippen LogP contribution in [0.15, 0.2) is 4.99 Å². The number of hydrogen-bond acceptors (Lipinski definition) is 3. The predicted octanol–water partition coefficient (Wildman–Crippen LogP) is 3.92. The minimum Gasteiger partial charge on any atom is -0.362 e. The van der Waals surface area contributed by atoms with E-state index in [-0.39, 0.29) is 0 Å². The van der Waals surface area contributed by atoms with Crippen molar-refractivity contribution in [2.45, 2.75) is 65.5 Å². The first-order chi connectivity index (χ1) is 8.58. The molecule has 0 amide bonds. The number of rotatable bonds is 2. The fourth-order valence-corrected chi connectivity index (χ4v) is 4.03. The van der Waals surface area contributed by atoms with E-state index in [1.54, 1.807) is 0 Å². The molecule has 18 heavy (non-hydrogen) atoms. The smallest absolute Gasteiger partial charge is 0.157 e. The topological polar surface area (TPSA) is 24.4 Å². The van der Waals surface area contributed by atoms with Gasteiger partial charge in [0.05, 0.1) is 6.04 Å². The lowest BCUT2D eigenvalue weighted by atomic mass is 9.78. The molecule has 0 saturated heterocycles. The van der Waals surface area contributed by atoms with E-state index in [2.05, 4.69) is 33.0 Å². The van der Waals surface area contributed by atoms with E-state index in [1.165, 1.54) is 36.6 Å². The second-order valence-corrected chi connectivity index (χ2v) is 7.48. The lowest BCUT2D eigenvalue weighted by Crippen LogP contribution is -2.44. The first-order valence-corrected chi connectivity index (χ1v) is 8.53. The Morgan fingerprint density at radius 1 is 1.22 bits per heavy atom.